The van der Waals surface area contributed by atoms with Crippen molar-refractivity contribution in [2.75, 3.05) is 5.73 Å². The Balaban J connectivity index is 0.00000141. The van der Waals surface area contributed by atoms with Crippen molar-refractivity contribution in [3.8, 4) is 22.9 Å². The lowest BCUT2D eigenvalue weighted by Crippen LogP contribution is -2.05. The molecular formula is C22H17F3N4O3. The van der Waals surface area contributed by atoms with Gasteiger partial charge in [0.25, 0.3) is 5.69 Å². The van der Waals surface area contributed by atoms with Crippen LogP contribution in [0.3, 0.4) is 0 Å². The second-order valence-corrected chi connectivity index (χ2v) is 6.15. The average molecular weight is 442 g/mol. The normalized spacial score (nSPS) is 10.4. The van der Waals surface area contributed by atoms with Gasteiger partial charge in [0, 0.05) is 17.7 Å². The molecule has 0 amide bonds. The van der Waals surface area contributed by atoms with E-state index < -0.39 is 44.8 Å². The van der Waals surface area contributed by atoms with Gasteiger partial charge in [-0.2, -0.15) is 4.39 Å². The molecule has 0 aliphatic heterocycles. The average Bonchev–Trinajstić information content (AvgIpc) is 2.82. The summed E-state index contributed by atoms with van der Waals surface area (Å²) in [6.45, 7) is 4.00. The highest BCUT2D eigenvalue weighted by Gasteiger charge is 2.26. The third-order valence-electron chi connectivity index (χ3n) is 4.26. The second-order valence-electron chi connectivity index (χ2n) is 6.15. The van der Waals surface area contributed by atoms with E-state index >= 15 is 4.39 Å². The number of halogens is 3. The second kappa shape index (κ2) is 9.29. The Kier molecular flexibility index (Phi) is 6.53. The van der Waals surface area contributed by atoms with Gasteiger partial charge in [-0.25, -0.2) is 18.7 Å². The summed E-state index contributed by atoms with van der Waals surface area (Å²) in [5.41, 5.74) is 5.44. The molecule has 0 radical (unpaired) electrons. The zero-order valence-corrected chi connectivity index (χ0v) is 17.0. The van der Waals surface area contributed by atoms with Crippen LogP contribution in [-0.4, -0.2) is 14.9 Å². The van der Waals surface area contributed by atoms with Crippen molar-refractivity contribution >= 4 is 22.4 Å². The lowest BCUT2D eigenvalue weighted by atomic mass is 10.1. The van der Waals surface area contributed by atoms with Gasteiger partial charge in [0.2, 0.25) is 11.6 Å². The van der Waals surface area contributed by atoms with Crippen LogP contribution >= 0.6 is 0 Å². The Labute approximate surface area is 180 Å². The Hall–Kier alpha value is -4.21. The Bertz CT molecular complexity index is 1280. The smallest absolute Gasteiger partial charge is 0.269 e. The van der Waals surface area contributed by atoms with Crippen LogP contribution in [0, 0.1) is 27.6 Å². The molecule has 32 heavy (non-hydrogen) atoms. The third kappa shape index (κ3) is 4.15. The molecule has 0 fully saturated rings. The lowest BCUT2D eigenvalue weighted by molar-refractivity contribution is -0.384. The number of hydrogen-bond acceptors (Lipinski definition) is 6. The molecule has 1 heterocycles. The lowest BCUT2D eigenvalue weighted by Gasteiger charge is -2.13. The van der Waals surface area contributed by atoms with Crippen molar-refractivity contribution in [1.29, 1.82) is 0 Å². The van der Waals surface area contributed by atoms with Gasteiger partial charge in [-0.15, -0.1) is 0 Å². The number of rotatable bonds is 4. The Morgan fingerprint density at radius 2 is 1.53 bits per heavy atom. The summed E-state index contributed by atoms with van der Waals surface area (Å²) in [6.07, 6.45) is 0. The maximum atomic E-state index is 15.1. The number of nitrogen functional groups attached to an aromatic ring is 1. The molecule has 10 heteroatoms. The predicted octanol–water partition coefficient (Wildman–Crippen LogP) is 6.02. The van der Waals surface area contributed by atoms with Gasteiger partial charge in [0.05, 0.1) is 10.3 Å². The molecule has 0 aliphatic rings. The number of hydrogen-bond donors (Lipinski definition) is 1. The number of benzene rings is 3. The first-order valence-electron chi connectivity index (χ1n) is 9.48. The van der Waals surface area contributed by atoms with E-state index in [-0.39, 0.29) is 17.3 Å². The first-order valence-corrected chi connectivity index (χ1v) is 9.48. The fourth-order valence-electron chi connectivity index (χ4n) is 2.83. The summed E-state index contributed by atoms with van der Waals surface area (Å²) >= 11 is 0. The van der Waals surface area contributed by atoms with Crippen LogP contribution in [-0.2, 0) is 0 Å². The van der Waals surface area contributed by atoms with E-state index in [2.05, 4.69) is 9.97 Å². The number of fused-ring (bicyclic) bond motifs is 1. The van der Waals surface area contributed by atoms with Gasteiger partial charge in [0.1, 0.15) is 17.1 Å². The molecule has 0 saturated carbocycles. The highest BCUT2D eigenvalue weighted by Crippen LogP contribution is 2.37. The monoisotopic (exact) mass is 442 g/mol. The van der Waals surface area contributed by atoms with E-state index in [0.717, 1.165) is 24.3 Å². The van der Waals surface area contributed by atoms with Gasteiger partial charge < -0.3 is 10.5 Å². The molecule has 4 aromatic rings. The van der Waals surface area contributed by atoms with Crippen LogP contribution in [0.5, 0.6) is 11.5 Å². The van der Waals surface area contributed by atoms with Crippen molar-refractivity contribution in [1.82, 2.24) is 9.97 Å². The van der Waals surface area contributed by atoms with Gasteiger partial charge in [-0.1, -0.05) is 44.2 Å². The topological polar surface area (TPSA) is 104 Å². The summed E-state index contributed by atoms with van der Waals surface area (Å²) in [5.74, 6) is -5.98. The number of ether oxygens (including phenoxy) is 1. The van der Waals surface area contributed by atoms with E-state index in [1.54, 1.807) is 30.3 Å². The minimum absolute atomic E-state index is 0.0202. The maximum Gasteiger partial charge on any atom is 0.269 e. The van der Waals surface area contributed by atoms with E-state index in [1.165, 1.54) is 0 Å². The minimum Gasteiger partial charge on any atom is -0.451 e. The summed E-state index contributed by atoms with van der Waals surface area (Å²) in [6, 6.07) is 12.9. The number of aromatic nitrogens is 2. The van der Waals surface area contributed by atoms with Crippen molar-refractivity contribution < 1.29 is 22.8 Å². The van der Waals surface area contributed by atoms with Gasteiger partial charge in [-0.3, -0.25) is 10.1 Å². The zero-order chi connectivity index (χ0) is 23.4. The first-order chi connectivity index (χ1) is 15.4. The molecule has 7 nitrogen and oxygen atoms in total. The number of anilines is 1. The molecule has 3 aromatic carbocycles. The zero-order valence-electron chi connectivity index (χ0n) is 17.0. The number of nitrogens with zero attached hydrogens (tertiary/aromatic N) is 3. The number of nitro groups is 1. The summed E-state index contributed by atoms with van der Waals surface area (Å²) in [5, 5.41) is 10.1. The summed E-state index contributed by atoms with van der Waals surface area (Å²) < 4.78 is 49.4. The molecule has 1 aromatic heterocycles. The van der Waals surface area contributed by atoms with Crippen LogP contribution in [0.15, 0.2) is 54.6 Å². The van der Waals surface area contributed by atoms with Gasteiger partial charge >= 0.3 is 0 Å². The molecule has 2 N–H and O–H groups in total. The van der Waals surface area contributed by atoms with E-state index in [0.29, 0.717) is 5.56 Å². The number of nitrogens with two attached hydrogens (primary N) is 1. The molecular weight excluding hydrogens is 425 g/mol. The fourth-order valence-corrected chi connectivity index (χ4v) is 2.83. The van der Waals surface area contributed by atoms with Crippen LogP contribution in [0.2, 0.25) is 0 Å². The molecule has 0 saturated heterocycles. The van der Waals surface area contributed by atoms with Crippen LogP contribution in [0.4, 0.5) is 24.7 Å². The first kappa shape index (κ1) is 22.5. The highest BCUT2D eigenvalue weighted by molar-refractivity contribution is 5.92. The van der Waals surface area contributed by atoms with Crippen LogP contribution in [0.1, 0.15) is 13.8 Å². The summed E-state index contributed by atoms with van der Waals surface area (Å²) in [4.78, 5) is 18.0. The van der Waals surface area contributed by atoms with E-state index in [1.807, 2.05) is 13.8 Å². The fraction of sp³-hybridized carbons (Fsp3) is 0.0909. The molecule has 0 bridgehead atoms. The van der Waals surface area contributed by atoms with Crippen molar-refractivity contribution in [2.24, 2.45) is 0 Å². The van der Waals surface area contributed by atoms with Crippen LogP contribution < -0.4 is 10.5 Å². The quantitative estimate of drug-likeness (QED) is 0.235. The maximum absolute atomic E-state index is 15.1. The Morgan fingerprint density at radius 3 is 2.12 bits per heavy atom. The van der Waals surface area contributed by atoms with E-state index in [4.69, 9.17) is 10.5 Å². The van der Waals surface area contributed by atoms with Crippen LogP contribution in [0.25, 0.3) is 22.3 Å². The SMILES string of the molecule is CC.Nc1nc(-c2ccccc2)nc2c(F)c(Oc3ccc([N+](=O)[O-])cc3)c(F)c(F)c12. The molecule has 164 valence electrons. The van der Waals surface area contributed by atoms with Crippen molar-refractivity contribution in [2.45, 2.75) is 13.8 Å². The predicted molar refractivity (Wildman–Crippen MR) is 114 cm³/mol. The van der Waals surface area contributed by atoms with Gasteiger partial charge in [-0.05, 0) is 12.1 Å². The molecule has 0 aliphatic carbocycles. The summed E-state index contributed by atoms with van der Waals surface area (Å²) in [7, 11) is 0. The molecule has 0 atom stereocenters. The van der Waals surface area contributed by atoms with Crippen molar-refractivity contribution in [3.63, 3.8) is 0 Å². The minimum atomic E-state index is -1.62. The largest absolute Gasteiger partial charge is 0.451 e. The molecule has 4 rings (SSSR count). The number of nitro benzene ring substituents is 1. The standard InChI is InChI=1S/C20H11F3N4O3.C2H6/c21-14-13-17(25-20(26-19(13)24)10-4-2-1-3-5-10)16(23)18(15(14)22)30-12-8-6-11(7-9-12)27(28)29;1-2/h1-9H,(H2,24,25,26);1-2H3. The molecule has 0 unspecified atom stereocenters. The van der Waals surface area contributed by atoms with E-state index in [9.17, 15) is 18.9 Å². The third-order valence-corrected chi connectivity index (χ3v) is 4.26. The highest BCUT2D eigenvalue weighted by atomic mass is 19.2. The van der Waals surface area contributed by atoms with Crippen molar-refractivity contribution in [3.05, 3.63) is 82.2 Å². The number of non-ortho nitro benzene ring substituents is 1. The molecule has 0 spiro atoms. The van der Waals surface area contributed by atoms with Gasteiger partial charge in [0.15, 0.2) is 17.5 Å². The Morgan fingerprint density at radius 1 is 0.906 bits per heavy atom.